The Morgan fingerprint density at radius 1 is 1.21 bits per heavy atom. The Morgan fingerprint density at radius 2 is 1.97 bits per heavy atom. The van der Waals surface area contributed by atoms with Gasteiger partial charge in [-0.25, -0.2) is 0 Å². The standard InChI is InChI=1S/C23H21Cl2NO3/c1-14-8-17-13-29-22(28)23(17,11-14)12-15-2-6-19(7-3-15)26-21(27)9-16-4-5-18(24)10-20(16)25/h2-7,10,17H,1,8-9,11-13H2,(H,26,27). The lowest BCUT2D eigenvalue weighted by molar-refractivity contribution is -0.146. The lowest BCUT2D eigenvalue weighted by atomic mass is 9.75. The summed E-state index contributed by atoms with van der Waals surface area (Å²) in [6.07, 6.45) is 2.34. The molecule has 2 fully saturated rings. The number of nitrogens with one attached hydrogen (secondary N) is 1. The molecular formula is C23H21Cl2NO3. The van der Waals surface area contributed by atoms with Crippen molar-refractivity contribution < 1.29 is 14.3 Å². The van der Waals surface area contributed by atoms with Crippen LogP contribution in [0.15, 0.2) is 54.6 Å². The number of allylic oxidation sites excluding steroid dienone is 1. The fourth-order valence-electron chi connectivity index (χ4n) is 4.38. The van der Waals surface area contributed by atoms with E-state index in [1.54, 1.807) is 18.2 Å². The average Bonchev–Trinajstić information content (AvgIpc) is 3.13. The molecule has 2 aromatic carbocycles. The van der Waals surface area contributed by atoms with Crippen LogP contribution in [-0.2, 0) is 27.2 Å². The Labute approximate surface area is 179 Å². The van der Waals surface area contributed by atoms with Crippen molar-refractivity contribution in [3.63, 3.8) is 0 Å². The number of cyclic esters (lactones) is 1. The summed E-state index contributed by atoms with van der Waals surface area (Å²) in [7, 11) is 0. The molecule has 6 heteroatoms. The molecule has 2 aromatic rings. The molecule has 0 spiro atoms. The van der Waals surface area contributed by atoms with Crippen molar-refractivity contribution in [3.8, 4) is 0 Å². The van der Waals surface area contributed by atoms with Crippen molar-refractivity contribution in [3.05, 3.63) is 75.8 Å². The fraction of sp³-hybridized carbons (Fsp3) is 0.304. The summed E-state index contributed by atoms with van der Waals surface area (Å²) in [5.41, 5.74) is 3.10. The molecule has 2 unspecified atom stereocenters. The van der Waals surface area contributed by atoms with Crippen LogP contribution in [0.25, 0.3) is 0 Å². The minimum atomic E-state index is -0.479. The minimum Gasteiger partial charge on any atom is -0.465 e. The van der Waals surface area contributed by atoms with Gasteiger partial charge in [-0.15, -0.1) is 0 Å². The predicted molar refractivity (Wildman–Crippen MR) is 114 cm³/mol. The van der Waals surface area contributed by atoms with Gasteiger partial charge in [0.1, 0.15) is 0 Å². The largest absolute Gasteiger partial charge is 0.465 e. The molecule has 4 nitrogen and oxygen atoms in total. The lowest BCUT2D eigenvalue weighted by Crippen LogP contribution is -2.31. The second kappa shape index (κ2) is 7.85. The topological polar surface area (TPSA) is 55.4 Å². The SMILES string of the molecule is C=C1CC2COC(=O)C2(Cc2ccc(NC(=O)Cc3ccc(Cl)cc3Cl)cc2)C1. The number of hydrogen-bond donors (Lipinski definition) is 1. The van der Waals surface area contributed by atoms with Crippen molar-refractivity contribution in [1.82, 2.24) is 0 Å². The maximum Gasteiger partial charge on any atom is 0.313 e. The number of ether oxygens (including phenoxy) is 1. The first kappa shape index (κ1) is 20.0. The van der Waals surface area contributed by atoms with Crippen LogP contribution in [0.1, 0.15) is 24.0 Å². The van der Waals surface area contributed by atoms with Crippen LogP contribution in [0.5, 0.6) is 0 Å². The van der Waals surface area contributed by atoms with Gasteiger partial charge < -0.3 is 10.1 Å². The van der Waals surface area contributed by atoms with E-state index < -0.39 is 5.41 Å². The van der Waals surface area contributed by atoms with E-state index in [1.807, 2.05) is 24.3 Å². The van der Waals surface area contributed by atoms with Gasteiger partial charge in [-0.2, -0.15) is 0 Å². The zero-order chi connectivity index (χ0) is 20.6. The molecule has 150 valence electrons. The number of esters is 1. The average molecular weight is 430 g/mol. The van der Waals surface area contributed by atoms with E-state index in [1.165, 1.54) is 0 Å². The van der Waals surface area contributed by atoms with Crippen molar-refractivity contribution in [2.75, 3.05) is 11.9 Å². The number of hydrogen-bond acceptors (Lipinski definition) is 3. The third kappa shape index (κ3) is 4.05. The quantitative estimate of drug-likeness (QED) is 0.522. The van der Waals surface area contributed by atoms with Gasteiger partial charge in [0.25, 0.3) is 0 Å². The van der Waals surface area contributed by atoms with Gasteiger partial charge in [0.15, 0.2) is 0 Å². The number of rotatable bonds is 5. The lowest BCUT2D eigenvalue weighted by Gasteiger charge is -2.24. The van der Waals surface area contributed by atoms with E-state index in [0.717, 1.165) is 23.1 Å². The summed E-state index contributed by atoms with van der Waals surface area (Å²) in [4.78, 5) is 24.8. The van der Waals surface area contributed by atoms with Gasteiger partial charge >= 0.3 is 5.97 Å². The summed E-state index contributed by atoms with van der Waals surface area (Å²) >= 11 is 12.0. The minimum absolute atomic E-state index is 0.113. The number of carbonyl (C=O) groups excluding carboxylic acids is 2. The van der Waals surface area contributed by atoms with Crippen molar-refractivity contribution >= 4 is 40.8 Å². The Kier molecular flexibility index (Phi) is 5.41. The molecule has 1 heterocycles. The number of fused-ring (bicyclic) bond motifs is 1. The highest BCUT2D eigenvalue weighted by Gasteiger charge is 2.55. The number of benzene rings is 2. The maximum atomic E-state index is 12.4. The Hall–Kier alpha value is -2.30. The van der Waals surface area contributed by atoms with Crippen LogP contribution in [0.3, 0.4) is 0 Å². The van der Waals surface area contributed by atoms with Crippen molar-refractivity contribution in [2.24, 2.45) is 11.3 Å². The molecule has 2 aliphatic rings. The maximum absolute atomic E-state index is 12.4. The fourth-order valence-corrected chi connectivity index (χ4v) is 4.85. The van der Waals surface area contributed by atoms with Crippen LogP contribution in [0, 0.1) is 11.3 Å². The molecule has 1 amide bonds. The normalized spacial score (nSPS) is 23.0. The molecule has 1 aliphatic carbocycles. The summed E-state index contributed by atoms with van der Waals surface area (Å²) in [6.45, 7) is 4.56. The molecule has 2 atom stereocenters. The number of anilines is 1. The smallest absolute Gasteiger partial charge is 0.313 e. The number of carbonyl (C=O) groups is 2. The Bertz CT molecular complexity index is 986. The highest BCUT2D eigenvalue weighted by molar-refractivity contribution is 6.35. The van der Waals surface area contributed by atoms with E-state index >= 15 is 0 Å². The van der Waals surface area contributed by atoms with Gasteiger partial charge in [-0.1, -0.05) is 53.6 Å². The van der Waals surface area contributed by atoms with Crippen LogP contribution < -0.4 is 5.32 Å². The third-order valence-corrected chi connectivity index (χ3v) is 6.41. The molecular weight excluding hydrogens is 409 g/mol. The van der Waals surface area contributed by atoms with Gasteiger partial charge in [0.05, 0.1) is 18.4 Å². The summed E-state index contributed by atoms with van der Waals surface area (Å²) < 4.78 is 5.34. The monoisotopic (exact) mass is 429 g/mol. The zero-order valence-corrected chi connectivity index (χ0v) is 17.4. The molecule has 0 bridgehead atoms. The third-order valence-electron chi connectivity index (χ3n) is 5.83. The van der Waals surface area contributed by atoms with Crippen LogP contribution in [0.2, 0.25) is 10.0 Å². The Morgan fingerprint density at radius 3 is 2.69 bits per heavy atom. The summed E-state index contributed by atoms with van der Waals surface area (Å²) in [6, 6.07) is 12.7. The van der Waals surface area contributed by atoms with Crippen LogP contribution >= 0.6 is 23.2 Å². The van der Waals surface area contributed by atoms with Crippen molar-refractivity contribution in [1.29, 1.82) is 0 Å². The summed E-state index contributed by atoms with van der Waals surface area (Å²) in [5.74, 6) is -0.0588. The first-order valence-corrected chi connectivity index (χ1v) is 10.3. The van der Waals surface area contributed by atoms with E-state index in [9.17, 15) is 9.59 Å². The highest BCUT2D eigenvalue weighted by Crippen LogP contribution is 2.52. The van der Waals surface area contributed by atoms with Crippen molar-refractivity contribution in [2.45, 2.75) is 25.7 Å². The summed E-state index contributed by atoms with van der Waals surface area (Å²) in [5, 5.41) is 3.88. The molecule has 1 saturated heterocycles. The molecule has 0 aromatic heterocycles. The number of amides is 1. The molecule has 4 rings (SSSR count). The van der Waals surface area contributed by atoms with Crippen LogP contribution in [0.4, 0.5) is 5.69 Å². The second-order valence-corrected chi connectivity index (χ2v) is 8.76. The molecule has 1 aliphatic heterocycles. The van der Waals surface area contributed by atoms with E-state index in [2.05, 4.69) is 11.9 Å². The Balaban J connectivity index is 1.41. The van der Waals surface area contributed by atoms with Gasteiger partial charge in [0.2, 0.25) is 5.91 Å². The highest BCUT2D eigenvalue weighted by atomic mass is 35.5. The molecule has 1 saturated carbocycles. The first-order chi connectivity index (χ1) is 13.9. The molecule has 0 radical (unpaired) electrons. The van der Waals surface area contributed by atoms with Gasteiger partial charge in [-0.05, 0) is 54.7 Å². The second-order valence-electron chi connectivity index (χ2n) is 7.92. The van der Waals surface area contributed by atoms with E-state index in [-0.39, 0.29) is 24.2 Å². The van der Waals surface area contributed by atoms with Gasteiger partial charge in [0, 0.05) is 21.7 Å². The van der Waals surface area contributed by atoms with E-state index in [4.69, 9.17) is 27.9 Å². The van der Waals surface area contributed by atoms with Crippen LogP contribution in [-0.4, -0.2) is 18.5 Å². The zero-order valence-electron chi connectivity index (χ0n) is 15.8. The van der Waals surface area contributed by atoms with E-state index in [0.29, 0.717) is 35.2 Å². The first-order valence-electron chi connectivity index (χ1n) is 9.52. The number of halogens is 2. The molecule has 29 heavy (non-hydrogen) atoms. The van der Waals surface area contributed by atoms with Gasteiger partial charge in [-0.3, -0.25) is 9.59 Å². The predicted octanol–water partition coefficient (Wildman–Crippen LogP) is 5.23. The molecule has 1 N–H and O–H groups in total.